The number of halogens is 5. The second-order valence-electron chi connectivity index (χ2n) is 7.65. The Hall–Kier alpha value is -1.78. The minimum Gasteiger partial charge on any atom is -0.391 e. The van der Waals surface area contributed by atoms with Crippen LogP contribution >= 0.6 is 0 Å². The Morgan fingerprint density at radius 3 is 2.45 bits per heavy atom. The standard InChI is InChI=1S/C19H25F5N2O3/c20-18(21)6-4-12(5-7-18)14(17(28)26-29)10-16(27)15(25)9-11-2-1-3-13(8-11)19(22,23)24/h1-3,8,12,14-16,27,29H,4-7,9-10,25H2,(H,26,28). The van der Waals surface area contributed by atoms with Crippen LogP contribution in [0.25, 0.3) is 0 Å². The largest absolute Gasteiger partial charge is 0.416 e. The van der Waals surface area contributed by atoms with Gasteiger partial charge in [0.25, 0.3) is 0 Å². The zero-order valence-corrected chi connectivity index (χ0v) is 15.6. The Morgan fingerprint density at radius 1 is 1.28 bits per heavy atom. The van der Waals surface area contributed by atoms with Crippen LogP contribution in [0.15, 0.2) is 24.3 Å². The summed E-state index contributed by atoms with van der Waals surface area (Å²) in [7, 11) is 0. The smallest absolute Gasteiger partial charge is 0.391 e. The van der Waals surface area contributed by atoms with Crippen molar-refractivity contribution >= 4 is 5.91 Å². The molecule has 0 radical (unpaired) electrons. The van der Waals surface area contributed by atoms with Crippen LogP contribution in [0.1, 0.15) is 43.2 Å². The van der Waals surface area contributed by atoms with Gasteiger partial charge < -0.3 is 10.8 Å². The van der Waals surface area contributed by atoms with Gasteiger partial charge >= 0.3 is 6.18 Å². The van der Waals surface area contributed by atoms with Gasteiger partial charge in [-0.3, -0.25) is 10.0 Å². The first kappa shape index (κ1) is 23.5. The molecule has 164 valence electrons. The number of alkyl halides is 5. The van der Waals surface area contributed by atoms with Crippen LogP contribution in [0, 0.1) is 11.8 Å². The van der Waals surface area contributed by atoms with E-state index in [0.717, 1.165) is 12.1 Å². The van der Waals surface area contributed by atoms with Crippen molar-refractivity contribution in [3.05, 3.63) is 35.4 Å². The van der Waals surface area contributed by atoms with E-state index in [9.17, 15) is 31.9 Å². The third-order valence-corrected chi connectivity index (χ3v) is 5.49. The lowest BCUT2D eigenvalue weighted by molar-refractivity contribution is -0.139. The van der Waals surface area contributed by atoms with Crippen LogP contribution in [0.2, 0.25) is 0 Å². The average Bonchev–Trinajstić information content (AvgIpc) is 2.65. The highest BCUT2D eigenvalue weighted by atomic mass is 19.4. The number of hydrogen-bond acceptors (Lipinski definition) is 4. The second kappa shape index (κ2) is 9.36. The summed E-state index contributed by atoms with van der Waals surface area (Å²) >= 11 is 0. The fourth-order valence-corrected chi connectivity index (χ4v) is 3.78. The molecule has 1 fully saturated rings. The third-order valence-electron chi connectivity index (χ3n) is 5.49. The summed E-state index contributed by atoms with van der Waals surface area (Å²) in [5.41, 5.74) is 6.86. The maximum Gasteiger partial charge on any atom is 0.416 e. The number of hydroxylamine groups is 1. The van der Waals surface area contributed by atoms with Crippen LogP contribution in [0.5, 0.6) is 0 Å². The van der Waals surface area contributed by atoms with E-state index in [0.29, 0.717) is 0 Å². The molecule has 5 nitrogen and oxygen atoms in total. The number of carbonyl (C=O) groups is 1. The molecule has 29 heavy (non-hydrogen) atoms. The fourth-order valence-electron chi connectivity index (χ4n) is 3.78. The number of nitrogens with two attached hydrogens (primary N) is 1. The number of aliphatic hydroxyl groups is 1. The summed E-state index contributed by atoms with van der Waals surface area (Å²) < 4.78 is 65.2. The highest BCUT2D eigenvalue weighted by Gasteiger charge is 2.40. The number of hydrogen-bond donors (Lipinski definition) is 4. The Bertz CT molecular complexity index is 689. The van der Waals surface area contributed by atoms with E-state index in [1.54, 1.807) is 0 Å². The average molecular weight is 424 g/mol. The molecule has 1 amide bonds. The van der Waals surface area contributed by atoms with E-state index in [2.05, 4.69) is 0 Å². The molecule has 1 saturated carbocycles. The maximum atomic E-state index is 13.4. The number of amides is 1. The van der Waals surface area contributed by atoms with Crippen LogP contribution in [-0.2, 0) is 17.4 Å². The van der Waals surface area contributed by atoms with E-state index < -0.39 is 47.6 Å². The lowest BCUT2D eigenvalue weighted by Gasteiger charge is -2.34. The molecule has 10 heteroatoms. The highest BCUT2D eigenvalue weighted by molar-refractivity contribution is 5.77. The number of rotatable bonds is 7. The van der Waals surface area contributed by atoms with E-state index in [1.165, 1.54) is 17.6 Å². The Balaban J connectivity index is 2.03. The number of nitrogens with one attached hydrogen (secondary N) is 1. The van der Waals surface area contributed by atoms with Gasteiger partial charge in [0, 0.05) is 24.8 Å². The van der Waals surface area contributed by atoms with E-state index in [1.807, 2.05) is 0 Å². The van der Waals surface area contributed by atoms with Crippen molar-refractivity contribution in [2.45, 2.75) is 62.8 Å². The summed E-state index contributed by atoms with van der Waals surface area (Å²) in [6.45, 7) is 0. The first-order valence-corrected chi connectivity index (χ1v) is 9.34. The van der Waals surface area contributed by atoms with Crippen molar-refractivity contribution < 1.29 is 37.1 Å². The first-order valence-electron chi connectivity index (χ1n) is 9.34. The van der Waals surface area contributed by atoms with Gasteiger partial charge in [-0.05, 0) is 43.2 Å². The molecule has 1 aromatic rings. The lowest BCUT2D eigenvalue weighted by Crippen LogP contribution is -2.43. The molecule has 0 spiro atoms. The molecule has 1 aliphatic rings. The quantitative estimate of drug-likeness (QED) is 0.307. The predicted molar refractivity (Wildman–Crippen MR) is 94.1 cm³/mol. The molecular formula is C19H25F5N2O3. The second-order valence-corrected chi connectivity index (χ2v) is 7.65. The molecule has 1 aromatic carbocycles. The van der Waals surface area contributed by atoms with Gasteiger partial charge in [0.1, 0.15) is 0 Å². The van der Waals surface area contributed by atoms with Gasteiger partial charge in [0.15, 0.2) is 0 Å². The topological polar surface area (TPSA) is 95.6 Å². The van der Waals surface area contributed by atoms with Crippen molar-refractivity contribution in [2.24, 2.45) is 17.6 Å². The minimum atomic E-state index is -4.51. The Morgan fingerprint density at radius 2 is 1.90 bits per heavy atom. The fraction of sp³-hybridized carbons (Fsp3) is 0.632. The Kier molecular flexibility index (Phi) is 7.58. The normalized spacial score (nSPS) is 20.7. The van der Waals surface area contributed by atoms with E-state index in [4.69, 9.17) is 10.9 Å². The van der Waals surface area contributed by atoms with E-state index >= 15 is 0 Å². The number of benzene rings is 1. The lowest BCUT2D eigenvalue weighted by atomic mass is 9.75. The van der Waals surface area contributed by atoms with Crippen LogP contribution in [0.3, 0.4) is 0 Å². The summed E-state index contributed by atoms with van der Waals surface area (Å²) in [6, 6.07) is 3.57. The van der Waals surface area contributed by atoms with Crippen molar-refractivity contribution in [3.8, 4) is 0 Å². The minimum absolute atomic E-state index is 0.0562. The van der Waals surface area contributed by atoms with Gasteiger partial charge in [-0.25, -0.2) is 14.3 Å². The molecule has 1 aliphatic carbocycles. The van der Waals surface area contributed by atoms with Gasteiger partial charge in [0.05, 0.1) is 11.7 Å². The summed E-state index contributed by atoms with van der Waals surface area (Å²) in [5.74, 6) is -4.99. The monoisotopic (exact) mass is 424 g/mol. The molecule has 5 N–H and O–H groups in total. The zero-order chi connectivity index (χ0) is 21.8. The number of aliphatic hydroxyl groups excluding tert-OH is 1. The third kappa shape index (κ3) is 6.61. The molecule has 0 saturated heterocycles. The molecule has 0 bridgehead atoms. The molecular weight excluding hydrogens is 399 g/mol. The molecule has 0 heterocycles. The van der Waals surface area contributed by atoms with Gasteiger partial charge in [-0.1, -0.05) is 18.2 Å². The van der Waals surface area contributed by atoms with Crippen LogP contribution in [0.4, 0.5) is 22.0 Å². The SMILES string of the molecule is NC(Cc1cccc(C(F)(F)F)c1)C(O)CC(C(=O)NO)C1CCC(F)(F)CC1. The zero-order valence-electron chi connectivity index (χ0n) is 15.6. The summed E-state index contributed by atoms with van der Waals surface area (Å²) in [6.07, 6.45) is -6.70. The molecule has 0 aromatic heterocycles. The van der Waals surface area contributed by atoms with Crippen molar-refractivity contribution in [3.63, 3.8) is 0 Å². The van der Waals surface area contributed by atoms with Gasteiger partial charge in [-0.15, -0.1) is 0 Å². The van der Waals surface area contributed by atoms with Crippen molar-refractivity contribution in [1.82, 2.24) is 5.48 Å². The van der Waals surface area contributed by atoms with E-state index in [-0.39, 0.29) is 44.1 Å². The summed E-state index contributed by atoms with van der Waals surface area (Å²) in [4.78, 5) is 12.0. The van der Waals surface area contributed by atoms with Crippen molar-refractivity contribution in [2.75, 3.05) is 0 Å². The summed E-state index contributed by atoms with van der Waals surface area (Å²) in [5, 5.41) is 19.4. The maximum absolute atomic E-state index is 13.4. The molecule has 2 rings (SSSR count). The van der Waals surface area contributed by atoms with Gasteiger partial charge in [-0.2, -0.15) is 13.2 Å². The van der Waals surface area contributed by atoms with Crippen LogP contribution in [-0.4, -0.2) is 34.3 Å². The Labute approximate surface area is 165 Å². The van der Waals surface area contributed by atoms with Crippen LogP contribution < -0.4 is 11.2 Å². The molecule has 3 atom stereocenters. The predicted octanol–water partition coefficient (Wildman–Crippen LogP) is 3.27. The van der Waals surface area contributed by atoms with Gasteiger partial charge in [0.2, 0.25) is 11.8 Å². The number of carbonyl (C=O) groups excluding carboxylic acids is 1. The first-order chi connectivity index (χ1) is 13.4. The highest BCUT2D eigenvalue weighted by Crippen LogP contribution is 2.40. The molecule has 3 unspecified atom stereocenters. The molecule has 0 aliphatic heterocycles. The van der Waals surface area contributed by atoms with Crippen molar-refractivity contribution in [1.29, 1.82) is 0 Å².